The summed E-state index contributed by atoms with van der Waals surface area (Å²) in [6.07, 6.45) is 0. The molecule has 0 spiro atoms. The first kappa shape index (κ1) is 16.3. The number of fused-ring (bicyclic) bond motifs is 1. The normalized spacial score (nSPS) is 12.1. The van der Waals surface area contributed by atoms with Gasteiger partial charge >= 0.3 is 0 Å². The number of carbonyl (C=O) groups excluding carboxylic acids is 1. The molecule has 1 amide bonds. The van der Waals surface area contributed by atoms with Gasteiger partial charge < -0.3 is 14.5 Å². The van der Waals surface area contributed by atoms with Crippen molar-refractivity contribution in [3.8, 4) is 5.75 Å². The maximum absolute atomic E-state index is 13.1. The molecule has 1 N–H and O–H groups in total. The van der Waals surface area contributed by atoms with Crippen LogP contribution in [0.5, 0.6) is 5.75 Å². The van der Waals surface area contributed by atoms with E-state index in [0.29, 0.717) is 11.5 Å². The molecule has 0 aliphatic carbocycles. The Labute approximate surface area is 143 Å². The van der Waals surface area contributed by atoms with Crippen molar-refractivity contribution < 1.29 is 18.3 Å². The van der Waals surface area contributed by atoms with Gasteiger partial charge in [-0.3, -0.25) is 4.79 Å². The minimum Gasteiger partial charge on any atom is -0.484 e. The molecule has 3 rings (SSSR count). The van der Waals surface area contributed by atoms with Gasteiger partial charge in [0.1, 0.15) is 22.9 Å². The van der Waals surface area contributed by atoms with Crippen molar-refractivity contribution in [1.29, 1.82) is 0 Å². The SMILES string of the molecule is C[C@H](NC(=O)COc1ccc(F)c(Cl)c1)c1cc2ccccc2o1. The number of benzene rings is 2. The second-order valence-corrected chi connectivity index (χ2v) is 5.75. The molecule has 0 unspecified atom stereocenters. The Morgan fingerprint density at radius 1 is 1.29 bits per heavy atom. The van der Waals surface area contributed by atoms with Crippen molar-refractivity contribution in [3.05, 3.63) is 65.1 Å². The van der Waals surface area contributed by atoms with Gasteiger partial charge in [-0.1, -0.05) is 29.8 Å². The highest BCUT2D eigenvalue weighted by atomic mass is 35.5. The molecule has 24 heavy (non-hydrogen) atoms. The number of nitrogens with one attached hydrogen (secondary N) is 1. The summed E-state index contributed by atoms with van der Waals surface area (Å²) in [5.41, 5.74) is 0.769. The smallest absolute Gasteiger partial charge is 0.258 e. The standard InChI is InChI=1S/C18H15ClFNO3/c1-11(17-8-12-4-2-3-5-16(12)24-17)21-18(22)10-23-13-6-7-15(20)14(19)9-13/h2-9,11H,10H2,1H3,(H,21,22)/t11-/m0/s1. The molecule has 0 aliphatic heterocycles. The number of furan rings is 1. The second kappa shape index (κ2) is 6.93. The van der Waals surface area contributed by atoms with E-state index in [0.717, 1.165) is 11.0 Å². The van der Waals surface area contributed by atoms with Crippen molar-refractivity contribution in [3.63, 3.8) is 0 Å². The van der Waals surface area contributed by atoms with E-state index >= 15 is 0 Å². The number of hydrogen-bond donors (Lipinski definition) is 1. The predicted octanol–water partition coefficient (Wildman–Crippen LogP) is 4.48. The molecule has 3 aromatic rings. The van der Waals surface area contributed by atoms with Gasteiger partial charge in [0.2, 0.25) is 0 Å². The second-order valence-electron chi connectivity index (χ2n) is 5.34. The number of carbonyl (C=O) groups is 1. The molecule has 0 saturated heterocycles. The van der Waals surface area contributed by atoms with Crippen LogP contribution in [0.25, 0.3) is 11.0 Å². The Morgan fingerprint density at radius 2 is 2.08 bits per heavy atom. The molecule has 1 atom stereocenters. The molecule has 0 saturated carbocycles. The zero-order valence-electron chi connectivity index (χ0n) is 12.9. The first-order valence-electron chi connectivity index (χ1n) is 7.38. The number of ether oxygens (including phenoxy) is 1. The van der Waals surface area contributed by atoms with Crippen LogP contribution in [0.4, 0.5) is 4.39 Å². The molecule has 2 aromatic carbocycles. The molecule has 0 fully saturated rings. The largest absolute Gasteiger partial charge is 0.484 e. The van der Waals surface area contributed by atoms with Crippen LogP contribution in [0.2, 0.25) is 5.02 Å². The summed E-state index contributed by atoms with van der Waals surface area (Å²) in [4.78, 5) is 12.0. The summed E-state index contributed by atoms with van der Waals surface area (Å²) in [6.45, 7) is 1.62. The number of para-hydroxylation sites is 1. The summed E-state index contributed by atoms with van der Waals surface area (Å²) in [5, 5.41) is 3.71. The Balaban J connectivity index is 1.58. The molecule has 124 valence electrons. The van der Waals surface area contributed by atoms with E-state index in [4.69, 9.17) is 20.8 Å². The van der Waals surface area contributed by atoms with Crippen LogP contribution in [0.15, 0.2) is 52.9 Å². The predicted molar refractivity (Wildman–Crippen MR) is 89.7 cm³/mol. The van der Waals surface area contributed by atoms with E-state index in [1.165, 1.54) is 18.2 Å². The quantitative estimate of drug-likeness (QED) is 0.740. The van der Waals surface area contributed by atoms with Gasteiger partial charge in [-0.2, -0.15) is 0 Å². The average molecular weight is 348 g/mol. The van der Waals surface area contributed by atoms with Gasteiger partial charge in [-0.25, -0.2) is 4.39 Å². The van der Waals surface area contributed by atoms with E-state index in [1.807, 2.05) is 37.3 Å². The minimum absolute atomic E-state index is 0.0523. The van der Waals surface area contributed by atoms with E-state index in [-0.39, 0.29) is 23.6 Å². The third kappa shape index (κ3) is 3.68. The third-order valence-corrected chi connectivity index (χ3v) is 3.80. The lowest BCUT2D eigenvalue weighted by Crippen LogP contribution is -2.31. The molecule has 0 bridgehead atoms. The molecular formula is C18H15ClFNO3. The van der Waals surface area contributed by atoms with Crippen molar-refractivity contribution in [2.75, 3.05) is 6.61 Å². The number of amides is 1. The minimum atomic E-state index is -0.535. The topological polar surface area (TPSA) is 51.5 Å². The molecule has 0 aliphatic rings. The summed E-state index contributed by atoms with van der Waals surface area (Å²) in [5.74, 6) is 0.137. The fourth-order valence-electron chi connectivity index (χ4n) is 2.29. The van der Waals surface area contributed by atoms with E-state index in [2.05, 4.69) is 5.32 Å². The first-order chi connectivity index (χ1) is 11.5. The van der Waals surface area contributed by atoms with Gasteiger partial charge in [-0.15, -0.1) is 0 Å². The van der Waals surface area contributed by atoms with Gasteiger partial charge in [0, 0.05) is 11.5 Å². The summed E-state index contributed by atoms with van der Waals surface area (Å²) >= 11 is 5.66. The van der Waals surface area contributed by atoms with Gasteiger partial charge in [0.15, 0.2) is 6.61 Å². The Morgan fingerprint density at radius 3 is 2.83 bits per heavy atom. The maximum Gasteiger partial charge on any atom is 0.258 e. The van der Waals surface area contributed by atoms with Gasteiger partial charge in [-0.05, 0) is 31.2 Å². The number of halogens is 2. The van der Waals surface area contributed by atoms with Crippen molar-refractivity contribution in [2.24, 2.45) is 0 Å². The Kier molecular flexibility index (Phi) is 4.71. The highest BCUT2D eigenvalue weighted by molar-refractivity contribution is 6.30. The Bertz CT molecular complexity index is 845. The lowest BCUT2D eigenvalue weighted by molar-refractivity contribution is -0.123. The summed E-state index contributed by atoms with van der Waals surface area (Å²) in [6, 6.07) is 13.1. The van der Waals surface area contributed by atoms with Crippen LogP contribution in [0, 0.1) is 5.82 Å². The average Bonchev–Trinajstić information content (AvgIpc) is 3.00. The van der Waals surface area contributed by atoms with Crippen LogP contribution in [-0.2, 0) is 4.79 Å². The molecule has 4 nitrogen and oxygen atoms in total. The van der Waals surface area contributed by atoms with Crippen LogP contribution in [-0.4, -0.2) is 12.5 Å². The zero-order valence-corrected chi connectivity index (χ0v) is 13.6. The van der Waals surface area contributed by atoms with Crippen LogP contribution < -0.4 is 10.1 Å². The van der Waals surface area contributed by atoms with E-state index < -0.39 is 5.82 Å². The highest BCUT2D eigenvalue weighted by Crippen LogP contribution is 2.24. The molecule has 0 radical (unpaired) electrons. The first-order valence-corrected chi connectivity index (χ1v) is 7.76. The monoisotopic (exact) mass is 347 g/mol. The molecule has 1 heterocycles. The molecular weight excluding hydrogens is 333 g/mol. The highest BCUT2D eigenvalue weighted by Gasteiger charge is 2.14. The van der Waals surface area contributed by atoms with Crippen LogP contribution >= 0.6 is 11.6 Å². The fourth-order valence-corrected chi connectivity index (χ4v) is 2.46. The number of rotatable bonds is 5. The van der Waals surface area contributed by atoms with Crippen LogP contribution in [0.3, 0.4) is 0 Å². The Hall–Kier alpha value is -2.53. The molecule has 6 heteroatoms. The fraction of sp³-hybridized carbons (Fsp3) is 0.167. The lowest BCUT2D eigenvalue weighted by atomic mass is 10.2. The zero-order chi connectivity index (χ0) is 17.1. The van der Waals surface area contributed by atoms with Crippen molar-refractivity contribution in [2.45, 2.75) is 13.0 Å². The number of hydrogen-bond acceptors (Lipinski definition) is 3. The molecule has 1 aromatic heterocycles. The summed E-state index contributed by atoms with van der Waals surface area (Å²) in [7, 11) is 0. The van der Waals surface area contributed by atoms with Crippen molar-refractivity contribution >= 4 is 28.5 Å². The van der Waals surface area contributed by atoms with Crippen LogP contribution in [0.1, 0.15) is 18.7 Å². The third-order valence-electron chi connectivity index (χ3n) is 3.51. The van der Waals surface area contributed by atoms with E-state index in [9.17, 15) is 9.18 Å². The lowest BCUT2D eigenvalue weighted by Gasteiger charge is -2.12. The van der Waals surface area contributed by atoms with Crippen molar-refractivity contribution in [1.82, 2.24) is 5.32 Å². The van der Waals surface area contributed by atoms with E-state index in [1.54, 1.807) is 0 Å². The maximum atomic E-state index is 13.1. The van der Waals surface area contributed by atoms with Gasteiger partial charge in [0.25, 0.3) is 5.91 Å². The summed E-state index contributed by atoms with van der Waals surface area (Å²) < 4.78 is 24.1. The van der Waals surface area contributed by atoms with Gasteiger partial charge in [0.05, 0.1) is 11.1 Å².